The first kappa shape index (κ1) is 12.4. The summed E-state index contributed by atoms with van der Waals surface area (Å²) in [7, 11) is 0. The van der Waals surface area contributed by atoms with E-state index >= 15 is 0 Å². The molecule has 1 fully saturated rings. The average molecular weight is 234 g/mol. The van der Waals surface area contributed by atoms with Crippen LogP contribution in [0.5, 0.6) is 5.75 Å². The smallest absolute Gasteiger partial charge is 0.127 e. The van der Waals surface area contributed by atoms with Gasteiger partial charge in [-0.15, -0.1) is 0 Å². The van der Waals surface area contributed by atoms with E-state index in [9.17, 15) is 0 Å². The lowest BCUT2D eigenvalue weighted by Crippen LogP contribution is -2.15. The summed E-state index contributed by atoms with van der Waals surface area (Å²) in [4.78, 5) is 0. The lowest BCUT2D eigenvalue weighted by Gasteiger charge is -2.19. The summed E-state index contributed by atoms with van der Waals surface area (Å²) in [6.45, 7) is 7.02. The van der Waals surface area contributed by atoms with Crippen LogP contribution in [0.3, 0.4) is 0 Å². The Labute approximate surface area is 103 Å². The second kappa shape index (κ2) is 6.06. The first-order chi connectivity index (χ1) is 8.35. The van der Waals surface area contributed by atoms with E-state index in [0.717, 1.165) is 31.5 Å². The summed E-state index contributed by atoms with van der Waals surface area (Å²) in [6, 6.07) is 6.25. The van der Waals surface area contributed by atoms with Gasteiger partial charge in [0, 0.05) is 18.4 Å². The van der Waals surface area contributed by atoms with Crippen LogP contribution in [0.15, 0.2) is 18.2 Å². The maximum atomic E-state index is 5.27. The van der Waals surface area contributed by atoms with E-state index in [0.29, 0.717) is 0 Å². The molecule has 1 unspecified atom stereocenters. The Balaban J connectivity index is 0.000000128. The number of hydrogen-bond donors (Lipinski definition) is 0. The standard InChI is InChI=1S/C8H8O.C7H14O/c1-2-9-8-5-6-3-4-7(6)8;1-2-7-4-3-5-8-6-7/h3-5H,2H2,1H3;7H,2-6H2,1H3. The predicted octanol–water partition coefficient (Wildman–Crippen LogP) is 3.51. The van der Waals surface area contributed by atoms with Crippen molar-refractivity contribution >= 4 is 0 Å². The lowest BCUT2D eigenvalue weighted by atomic mass is 10.0. The summed E-state index contributed by atoms with van der Waals surface area (Å²) in [5.74, 6) is 1.93. The number of rotatable bonds is 3. The molecule has 1 aliphatic heterocycles. The van der Waals surface area contributed by atoms with E-state index in [4.69, 9.17) is 9.47 Å². The molecule has 0 bridgehead atoms. The molecule has 1 saturated heterocycles. The van der Waals surface area contributed by atoms with Crippen LogP contribution in [-0.4, -0.2) is 19.8 Å². The van der Waals surface area contributed by atoms with Gasteiger partial charge in [0.1, 0.15) is 5.75 Å². The molecule has 0 saturated carbocycles. The van der Waals surface area contributed by atoms with E-state index in [1.54, 1.807) is 0 Å². The Kier molecular flexibility index (Phi) is 4.43. The summed E-state index contributed by atoms with van der Waals surface area (Å²) < 4.78 is 10.5. The topological polar surface area (TPSA) is 18.5 Å². The second-order valence-corrected chi connectivity index (χ2v) is 4.64. The van der Waals surface area contributed by atoms with Gasteiger partial charge in [-0.2, -0.15) is 0 Å². The monoisotopic (exact) mass is 234 g/mol. The molecule has 1 atom stereocenters. The van der Waals surface area contributed by atoms with Gasteiger partial charge in [-0.05, 0) is 37.0 Å². The third-order valence-corrected chi connectivity index (χ3v) is 3.42. The Morgan fingerprint density at radius 3 is 2.59 bits per heavy atom. The van der Waals surface area contributed by atoms with Gasteiger partial charge in [-0.3, -0.25) is 0 Å². The quantitative estimate of drug-likeness (QED) is 0.809. The van der Waals surface area contributed by atoms with Crippen LogP contribution in [0.25, 0.3) is 0 Å². The van der Waals surface area contributed by atoms with Crippen molar-refractivity contribution in [3.05, 3.63) is 28.6 Å². The van der Waals surface area contributed by atoms with Crippen molar-refractivity contribution in [1.29, 1.82) is 0 Å². The third kappa shape index (κ3) is 3.01. The Morgan fingerprint density at radius 1 is 1.35 bits per heavy atom. The van der Waals surface area contributed by atoms with E-state index in [1.165, 1.54) is 29.7 Å². The number of benzene rings is 1. The maximum absolute atomic E-state index is 5.27. The van der Waals surface area contributed by atoms with Gasteiger partial charge in [-0.25, -0.2) is 0 Å². The minimum Gasteiger partial charge on any atom is -0.493 e. The van der Waals surface area contributed by atoms with Crippen molar-refractivity contribution in [1.82, 2.24) is 0 Å². The molecule has 3 aliphatic rings. The van der Waals surface area contributed by atoms with E-state index in [1.807, 2.05) is 6.92 Å². The van der Waals surface area contributed by atoms with Gasteiger partial charge in [0.25, 0.3) is 0 Å². The maximum Gasteiger partial charge on any atom is 0.127 e. The highest BCUT2D eigenvalue weighted by Gasteiger charge is 2.10. The molecule has 2 aliphatic carbocycles. The van der Waals surface area contributed by atoms with Crippen LogP contribution in [-0.2, 0) is 4.74 Å². The summed E-state index contributed by atoms with van der Waals surface area (Å²) >= 11 is 0. The fourth-order valence-electron chi connectivity index (χ4n) is 2.16. The Morgan fingerprint density at radius 2 is 2.24 bits per heavy atom. The van der Waals surface area contributed by atoms with E-state index in [2.05, 4.69) is 25.1 Å². The molecule has 17 heavy (non-hydrogen) atoms. The van der Waals surface area contributed by atoms with Crippen LogP contribution < -0.4 is 4.74 Å². The average Bonchev–Trinajstić information content (AvgIpc) is 2.37. The first-order valence-corrected chi connectivity index (χ1v) is 6.70. The molecule has 0 aromatic heterocycles. The third-order valence-electron chi connectivity index (χ3n) is 3.42. The summed E-state index contributed by atoms with van der Waals surface area (Å²) in [5, 5.41) is 2.65. The predicted molar refractivity (Wildman–Crippen MR) is 69.1 cm³/mol. The van der Waals surface area contributed by atoms with Crippen LogP contribution in [0, 0.1) is 16.4 Å². The van der Waals surface area contributed by atoms with Crippen molar-refractivity contribution in [3.8, 4) is 5.75 Å². The number of hydrogen-bond acceptors (Lipinski definition) is 2. The highest BCUT2D eigenvalue weighted by molar-refractivity contribution is 5.38. The minimum atomic E-state index is 0.774. The van der Waals surface area contributed by atoms with Crippen LogP contribution in [0.4, 0.5) is 0 Å². The first-order valence-electron chi connectivity index (χ1n) is 6.70. The minimum absolute atomic E-state index is 0.774. The Bertz CT molecular complexity index is 433. The van der Waals surface area contributed by atoms with Gasteiger partial charge in [0.2, 0.25) is 0 Å². The van der Waals surface area contributed by atoms with Gasteiger partial charge in [0.05, 0.1) is 6.61 Å². The van der Waals surface area contributed by atoms with Crippen molar-refractivity contribution < 1.29 is 9.47 Å². The molecule has 0 N–H and O–H groups in total. The zero-order valence-electron chi connectivity index (χ0n) is 10.9. The molecule has 0 aromatic rings. The molecular weight excluding hydrogens is 212 g/mol. The summed E-state index contributed by atoms with van der Waals surface area (Å²) in [6.07, 6.45) is 3.95. The zero-order chi connectivity index (χ0) is 12.1. The van der Waals surface area contributed by atoms with Gasteiger partial charge < -0.3 is 9.47 Å². The van der Waals surface area contributed by atoms with Crippen molar-refractivity contribution in [2.75, 3.05) is 19.8 Å². The molecule has 0 spiro atoms. The van der Waals surface area contributed by atoms with Gasteiger partial charge >= 0.3 is 0 Å². The van der Waals surface area contributed by atoms with Crippen molar-refractivity contribution in [2.24, 2.45) is 5.92 Å². The highest BCUT2D eigenvalue weighted by Crippen LogP contribution is 2.23. The molecule has 3 rings (SSSR count). The normalized spacial score (nSPS) is 20.2. The van der Waals surface area contributed by atoms with Crippen LogP contribution >= 0.6 is 0 Å². The largest absolute Gasteiger partial charge is 0.493 e. The fraction of sp³-hybridized carbons (Fsp3) is 0.600. The zero-order valence-corrected chi connectivity index (χ0v) is 10.9. The van der Waals surface area contributed by atoms with Gasteiger partial charge in [0.15, 0.2) is 0 Å². The van der Waals surface area contributed by atoms with Crippen molar-refractivity contribution in [2.45, 2.75) is 33.1 Å². The molecule has 2 nitrogen and oxygen atoms in total. The van der Waals surface area contributed by atoms with Crippen molar-refractivity contribution in [3.63, 3.8) is 0 Å². The molecular formula is C15H22O2. The van der Waals surface area contributed by atoms with E-state index < -0.39 is 0 Å². The molecule has 1 heterocycles. The molecule has 2 heteroatoms. The fourth-order valence-corrected chi connectivity index (χ4v) is 2.16. The Hall–Kier alpha value is -1.02. The molecule has 0 aromatic carbocycles. The lowest BCUT2D eigenvalue weighted by molar-refractivity contribution is 0.0535. The van der Waals surface area contributed by atoms with Crippen LogP contribution in [0.2, 0.25) is 0 Å². The van der Waals surface area contributed by atoms with E-state index in [-0.39, 0.29) is 0 Å². The highest BCUT2D eigenvalue weighted by atomic mass is 16.5. The van der Waals surface area contributed by atoms with Crippen LogP contribution in [0.1, 0.15) is 33.1 Å². The molecule has 0 radical (unpaired) electrons. The SMILES string of the molecule is CCC1CCCOC1.CCOc1cc2ccc1=2. The molecule has 94 valence electrons. The summed E-state index contributed by atoms with van der Waals surface area (Å²) in [5.41, 5.74) is 0. The second-order valence-electron chi connectivity index (χ2n) is 4.64. The van der Waals surface area contributed by atoms with Gasteiger partial charge in [-0.1, -0.05) is 25.5 Å². The molecule has 0 amide bonds. The number of ether oxygens (including phenoxy) is 2.